The summed E-state index contributed by atoms with van der Waals surface area (Å²) in [7, 11) is 0. The number of nitrogens with zero attached hydrogens (tertiary/aromatic N) is 4. The molecule has 31 heavy (non-hydrogen) atoms. The second-order valence-corrected chi connectivity index (χ2v) is 7.99. The average Bonchev–Trinajstić information content (AvgIpc) is 3.52. The Hall–Kier alpha value is -3.84. The Morgan fingerprint density at radius 2 is 1.29 bits per heavy atom. The molecule has 3 aromatic carbocycles. The Morgan fingerprint density at radius 1 is 0.774 bits per heavy atom. The van der Waals surface area contributed by atoms with Crippen LogP contribution >= 0.6 is 0 Å². The number of hydrogen-bond acceptors (Lipinski definition) is 3. The van der Waals surface area contributed by atoms with Crippen molar-refractivity contribution < 1.29 is 0 Å². The van der Waals surface area contributed by atoms with Crippen molar-refractivity contribution in [1.29, 1.82) is 5.26 Å². The summed E-state index contributed by atoms with van der Waals surface area (Å²) in [5, 5.41) is 14.4. The van der Waals surface area contributed by atoms with E-state index in [4.69, 9.17) is 5.10 Å². The standard InChI is InChI=1S/C27H24N4/c28-20-22-16-18-30(21-22)26-17-19-31(29-26)27(23-10-4-1-5-11-23,24-12-6-2-7-13-24)25-14-8-3-9-15-25/h1-15,17,19,22H,16,18,21H2. The van der Waals surface area contributed by atoms with E-state index in [0.29, 0.717) is 0 Å². The normalized spacial score (nSPS) is 16.2. The summed E-state index contributed by atoms with van der Waals surface area (Å²) in [6.07, 6.45) is 2.96. The third-order valence-electron chi connectivity index (χ3n) is 6.19. The van der Waals surface area contributed by atoms with Crippen molar-refractivity contribution in [1.82, 2.24) is 9.78 Å². The molecule has 4 aromatic rings. The molecule has 4 heteroatoms. The van der Waals surface area contributed by atoms with Gasteiger partial charge < -0.3 is 4.90 Å². The van der Waals surface area contributed by atoms with E-state index in [1.165, 1.54) is 0 Å². The van der Waals surface area contributed by atoms with Crippen molar-refractivity contribution in [3.05, 3.63) is 120 Å². The van der Waals surface area contributed by atoms with Crippen LogP contribution < -0.4 is 4.90 Å². The van der Waals surface area contributed by atoms with Gasteiger partial charge in [0.25, 0.3) is 0 Å². The first-order valence-corrected chi connectivity index (χ1v) is 10.7. The van der Waals surface area contributed by atoms with Crippen molar-refractivity contribution in [3.63, 3.8) is 0 Å². The monoisotopic (exact) mass is 404 g/mol. The third-order valence-corrected chi connectivity index (χ3v) is 6.19. The van der Waals surface area contributed by atoms with Crippen molar-refractivity contribution >= 4 is 5.82 Å². The van der Waals surface area contributed by atoms with Gasteiger partial charge in [-0.1, -0.05) is 91.0 Å². The van der Waals surface area contributed by atoms with Crippen molar-refractivity contribution in [2.75, 3.05) is 18.0 Å². The Morgan fingerprint density at radius 3 is 1.74 bits per heavy atom. The van der Waals surface area contributed by atoms with E-state index in [9.17, 15) is 5.26 Å². The average molecular weight is 405 g/mol. The van der Waals surface area contributed by atoms with Gasteiger partial charge in [0.1, 0.15) is 5.54 Å². The topological polar surface area (TPSA) is 44.9 Å². The molecule has 152 valence electrons. The molecule has 4 nitrogen and oxygen atoms in total. The zero-order valence-corrected chi connectivity index (χ0v) is 17.3. The summed E-state index contributed by atoms with van der Waals surface area (Å²) in [4.78, 5) is 2.22. The summed E-state index contributed by atoms with van der Waals surface area (Å²) < 4.78 is 2.09. The fourth-order valence-electron chi connectivity index (χ4n) is 4.68. The minimum Gasteiger partial charge on any atom is -0.354 e. The first kappa shape index (κ1) is 19.1. The predicted molar refractivity (Wildman–Crippen MR) is 123 cm³/mol. The lowest BCUT2D eigenvalue weighted by Gasteiger charge is -2.36. The van der Waals surface area contributed by atoms with Crippen molar-refractivity contribution in [2.45, 2.75) is 12.0 Å². The first-order valence-electron chi connectivity index (χ1n) is 10.7. The SMILES string of the molecule is N#CC1CCN(c2ccn(C(c3ccccc3)(c3ccccc3)c3ccccc3)n2)C1. The van der Waals surface area contributed by atoms with Crippen LogP contribution in [0, 0.1) is 17.2 Å². The van der Waals surface area contributed by atoms with Crippen LogP contribution in [0.25, 0.3) is 0 Å². The summed E-state index contributed by atoms with van der Waals surface area (Å²) in [5.74, 6) is 0.997. The molecular weight excluding hydrogens is 380 g/mol. The lowest BCUT2D eigenvalue weighted by atomic mass is 9.77. The fraction of sp³-hybridized carbons (Fsp3) is 0.185. The number of anilines is 1. The van der Waals surface area contributed by atoms with Gasteiger partial charge in [0, 0.05) is 25.4 Å². The highest BCUT2D eigenvalue weighted by atomic mass is 15.4. The van der Waals surface area contributed by atoms with Crippen LogP contribution in [0.3, 0.4) is 0 Å². The minimum absolute atomic E-state index is 0.0762. The van der Waals surface area contributed by atoms with E-state index in [2.05, 4.69) is 101 Å². The number of aromatic nitrogens is 2. The maximum atomic E-state index is 9.31. The van der Waals surface area contributed by atoms with Crippen molar-refractivity contribution in [3.8, 4) is 6.07 Å². The fourth-order valence-corrected chi connectivity index (χ4v) is 4.68. The van der Waals surface area contributed by atoms with E-state index < -0.39 is 5.54 Å². The van der Waals surface area contributed by atoms with E-state index in [0.717, 1.165) is 42.0 Å². The van der Waals surface area contributed by atoms with Gasteiger partial charge in [0.15, 0.2) is 5.82 Å². The molecule has 1 aromatic heterocycles. The second kappa shape index (κ2) is 8.12. The zero-order chi connectivity index (χ0) is 21.1. The van der Waals surface area contributed by atoms with Crippen molar-refractivity contribution in [2.24, 2.45) is 5.92 Å². The molecule has 0 amide bonds. The van der Waals surface area contributed by atoms with Crippen LogP contribution in [0.15, 0.2) is 103 Å². The van der Waals surface area contributed by atoms with Gasteiger partial charge in [-0.15, -0.1) is 0 Å². The molecule has 1 aliphatic heterocycles. The Kier molecular flexibility index (Phi) is 5.01. The van der Waals surface area contributed by atoms with E-state index in [1.807, 2.05) is 18.2 Å². The number of benzene rings is 3. The highest BCUT2D eigenvalue weighted by Crippen LogP contribution is 2.41. The van der Waals surface area contributed by atoms with Gasteiger partial charge in [0.2, 0.25) is 0 Å². The third kappa shape index (κ3) is 3.29. The molecule has 0 aliphatic carbocycles. The highest BCUT2D eigenvalue weighted by molar-refractivity contribution is 5.51. The van der Waals surface area contributed by atoms with Crippen LogP contribution in [0.4, 0.5) is 5.82 Å². The molecule has 0 N–H and O–H groups in total. The number of rotatable bonds is 5. The zero-order valence-electron chi connectivity index (χ0n) is 17.3. The molecule has 1 saturated heterocycles. The molecule has 0 spiro atoms. The van der Waals surface area contributed by atoms with Gasteiger partial charge >= 0.3 is 0 Å². The summed E-state index contributed by atoms with van der Waals surface area (Å²) >= 11 is 0. The van der Waals surface area contributed by atoms with E-state index in [1.54, 1.807) is 0 Å². The van der Waals surface area contributed by atoms with Gasteiger partial charge in [-0.2, -0.15) is 10.4 Å². The molecule has 2 heterocycles. The largest absolute Gasteiger partial charge is 0.354 e. The molecule has 1 fully saturated rings. The van der Waals surface area contributed by atoms with Gasteiger partial charge in [-0.25, -0.2) is 0 Å². The van der Waals surface area contributed by atoms with Gasteiger partial charge in [0.05, 0.1) is 12.0 Å². The molecule has 1 atom stereocenters. The molecule has 0 bridgehead atoms. The van der Waals surface area contributed by atoms with Gasteiger partial charge in [-0.05, 0) is 23.1 Å². The molecule has 1 aliphatic rings. The maximum absolute atomic E-state index is 9.31. The number of nitriles is 1. The van der Waals surface area contributed by atoms with Crippen LogP contribution in [-0.4, -0.2) is 22.9 Å². The predicted octanol–water partition coefficient (Wildman–Crippen LogP) is 5.07. The first-order chi connectivity index (χ1) is 15.3. The Labute approximate surface area is 183 Å². The molecule has 0 saturated carbocycles. The molecule has 5 rings (SSSR count). The highest BCUT2D eigenvalue weighted by Gasteiger charge is 2.39. The number of hydrogen-bond donors (Lipinski definition) is 0. The lowest BCUT2D eigenvalue weighted by molar-refractivity contribution is 0.460. The van der Waals surface area contributed by atoms with Crippen LogP contribution in [0.1, 0.15) is 23.1 Å². The maximum Gasteiger partial charge on any atom is 0.150 e. The van der Waals surface area contributed by atoms with Gasteiger partial charge in [-0.3, -0.25) is 4.68 Å². The molecule has 0 radical (unpaired) electrons. The lowest BCUT2D eigenvalue weighted by Crippen LogP contribution is -2.38. The molecule has 1 unspecified atom stereocenters. The summed E-state index contributed by atoms with van der Waals surface area (Å²) in [5.41, 5.74) is 2.85. The van der Waals surface area contributed by atoms with E-state index in [-0.39, 0.29) is 5.92 Å². The molecular formula is C27H24N4. The minimum atomic E-state index is -0.601. The quantitative estimate of drug-likeness (QED) is 0.436. The van der Waals surface area contributed by atoms with Crippen LogP contribution in [0.2, 0.25) is 0 Å². The Bertz CT molecular complexity index is 1080. The summed E-state index contributed by atoms with van der Waals surface area (Å²) in [6, 6.07) is 36.1. The smallest absolute Gasteiger partial charge is 0.150 e. The van der Waals surface area contributed by atoms with Crippen LogP contribution in [0.5, 0.6) is 0 Å². The second-order valence-electron chi connectivity index (χ2n) is 7.99. The summed E-state index contributed by atoms with van der Waals surface area (Å²) in [6.45, 7) is 1.60. The Balaban J connectivity index is 1.73. The van der Waals surface area contributed by atoms with E-state index >= 15 is 0 Å². The van der Waals surface area contributed by atoms with Crippen LogP contribution in [-0.2, 0) is 5.54 Å².